The fourth-order valence-electron chi connectivity index (χ4n) is 0.663. The van der Waals surface area contributed by atoms with E-state index < -0.39 is 11.1 Å². The second kappa shape index (κ2) is 4.34. The van der Waals surface area contributed by atoms with Gasteiger partial charge >= 0.3 is 0 Å². The Hall–Kier alpha value is -0.720. The number of thiophene rings is 1. The summed E-state index contributed by atoms with van der Waals surface area (Å²) in [7, 11) is 0. The average Bonchev–Trinajstić information content (AvgIpc) is 2.36. The SMILES string of the molecule is O=COc1ccc(CS(=O)[O-])s1. The zero-order chi connectivity index (χ0) is 8.97. The standard InChI is InChI=1S/C6H6O4S2/c7-4-10-6-2-1-5(11-6)3-12(8)9/h1-2,4H,3H2,(H,8,9)/p-1. The molecule has 0 aliphatic heterocycles. The van der Waals surface area contributed by atoms with Gasteiger partial charge in [0.2, 0.25) is 0 Å². The maximum atomic E-state index is 10.2. The van der Waals surface area contributed by atoms with E-state index in [2.05, 4.69) is 4.74 Å². The molecule has 0 amide bonds. The van der Waals surface area contributed by atoms with Gasteiger partial charge in [0.1, 0.15) is 0 Å². The number of carbonyl (C=O) groups is 1. The smallest absolute Gasteiger partial charge is 0.299 e. The van der Waals surface area contributed by atoms with Crippen LogP contribution >= 0.6 is 11.3 Å². The third-order valence-electron chi connectivity index (χ3n) is 1.06. The first-order chi connectivity index (χ1) is 5.72. The molecule has 0 aliphatic carbocycles. The van der Waals surface area contributed by atoms with Crippen LogP contribution in [0.4, 0.5) is 0 Å². The van der Waals surface area contributed by atoms with Gasteiger partial charge in [-0.25, -0.2) is 0 Å². The van der Waals surface area contributed by atoms with Crippen molar-refractivity contribution in [3.63, 3.8) is 0 Å². The van der Waals surface area contributed by atoms with Crippen molar-refractivity contribution in [2.24, 2.45) is 0 Å². The fraction of sp³-hybridized carbons (Fsp3) is 0.167. The highest BCUT2D eigenvalue weighted by atomic mass is 32.2. The van der Waals surface area contributed by atoms with Gasteiger partial charge in [0.15, 0.2) is 5.06 Å². The van der Waals surface area contributed by atoms with Crippen molar-refractivity contribution in [3.05, 3.63) is 17.0 Å². The van der Waals surface area contributed by atoms with Crippen LogP contribution < -0.4 is 4.74 Å². The molecule has 0 saturated carbocycles. The zero-order valence-electron chi connectivity index (χ0n) is 5.89. The van der Waals surface area contributed by atoms with E-state index in [4.69, 9.17) is 0 Å². The highest BCUT2D eigenvalue weighted by Crippen LogP contribution is 2.24. The van der Waals surface area contributed by atoms with Gasteiger partial charge in [-0.3, -0.25) is 9.00 Å². The van der Waals surface area contributed by atoms with Gasteiger partial charge in [-0.1, -0.05) is 0 Å². The molecule has 0 spiro atoms. The Bertz CT molecular complexity index is 293. The first-order valence-electron chi connectivity index (χ1n) is 2.97. The molecule has 0 N–H and O–H groups in total. The van der Waals surface area contributed by atoms with Crippen molar-refractivity contribution in [1.29, 1.82) is 0 Å². The monoisotopic (exact) mass is 205 g/mol. The number of rotatable bonds is 4. The third-order valence-corrected chi connectivity index (χ3v) is 2.77. The number of hydrogen-bond donors (Lipinski definition) is 0. The second-order valence-corrected chi connectivity index (χ2v) is 3.91. The summed E-state index contributed by atoms with van der Waals surface area (Å²) >= 11 is -0.951. The Kier molecular flexibility index (Phi) is 3.39. The summed E-state index contributed by atoms with van der Waals surface area (Å²) in [5.74, 6) is -0.0348. The van der Waals surface area contributed by atoms with Gasteiger partial charge in [-0.05, 0) is 23.2 Å². The van der Waals surface area contributed by atoms with E-state index in [1.807, 2.05) is 0 Å². The van der Waals surface area contributed by atoms with E-state index in [0.717, 1.165) is 11.3 Å². The van der Waals surface area contributed by atoms with E-state index >= 15 is 0 Å². The maximum Gasteiger partial charge on any atom is 0.299 e. The lowest BCUT2D eigenvalue weighted by atomic mass is 10.5. The van der Waals surface area contributed by atoms with Crippen molar-refractivity contribution < 1.29 is 18.3 Å². The molecule has 0 aliphatic rings. The van der Waals surface area contributed by atoms with Crippen LogP contribution in [0.5, 0.6) is 5.06 Å². The van der Waals surface area contributed by atoms with Crippen LogP contribution in [0.3, 0.4) is 0 Å². The summed E-state index contributed by atoms with van der Waals surface area (Å²) in [6.45, 7) is 0.309. The van der Waals surface area contributed by atoms with Gasteiger partial charge in [-0.15, -0.1) is 11.3 Å². The molecule has 4 nitrogen and oxygen atoms in total. The average molecular weight is 205 g/mol. The minimum Gasteiger partial charge on any atom is -0.772 e. The predicted octanol–water partition coefficient (Wildman–Crippen LogP) is 0.662. The van der Waals surface area contributed by atoms with Crippen LogP contribution in [0.15, 0.2) is 12.1 Å². The highest BCUT2D eigenvalue weighted by molar-refractivity contribution is 7.78. The van der Waals surface area contributed by atoms with Crippen LogP contribution in [0, 0.1) is 0 Å². The van der Waals surface area contributed by atoms with Crippen molar-refractivity contribution >= 4 is 28.9 Å². The molecule has 0 fully saturated rings. The molecule has 1 aromatic rings. The summed E-state index contributed by atoms with van der Waals surface area (Å²) in [6, 6.07) is 3.17. The van der Waals surface area contributed by atoms with Crippen LogP contribution in [-0.4, -0.2) is 15.2 Å². The molecular weight excluding hydrogens is 200 g/mol. The van der Waals surface area contributed by atoms with Crippen molar-refractivity contribution in [2.75, 3.05) is 0 Å². The molecule has 1 unspecified atom stereocenters. The van der Waals surface area contributed by atoms with Gasteiger partial charge in [0.05, 0.1) is 0 Å². The lowest BCUT2D eigenvalue weighted by Gasteiger charge is -1.99. The second-order valence-electron chi connectivity index (χ2n) is 1.88. The van der Waals surface area contributed by atoms with Gasteiger partial charge < -0.3 is 9.29 Å². The Labute approximate surface area is 75.5 Å². The minimum absolute atomic E-state index is 0.0348. The summed E-state index contributed by atoms with van der Waals surface area (Å²) in [5, 5.41) is 0.408. The van der Waals surface area contributed by atoms with Crippen molar-refractivity contribution in [3.8, 4) is 5.06 Å². The van der Waals surface area contributed by atoms with Crippen LogP contribution in [0.2, 0.25) is 0 Å². The van der Waals surface area contributed by atoms with E-state index in [9.17, 15) is 13.6 Å². The Morgan fingerprint density at radius 1 is 1.67 bits per heavy atom. The highest BCUT2D eigenvalue weighted by Gasteiger charge is 1.99. The number of hydrogen-bond acceptors (Lipinski definition) is 5. The zero-order valence-corrected chi connectivity index (χ0v) is 7.52. The Morgan fingerprint density at radius 2 is 2.42 bits per heavy atom. The van der Waals surface area contributed by atoms with E-state index in [-0.39, 0.29) is 5.75 Å². The van der Waals surface area contributed by atoms with Gasteiger partial charge in [0, 0.05) is 10.6 Å². The normalized spacial score (nSPS) is 12.4. The van der Waals surface area contributed by atoms with Crippen LogP contribution in [0.1, 0.15) is 4.88 Å². The molecule has 66 valence electrons. The molecule has 1 rings (SSSR count). The molecule has 0 saturated heterocycles. The lowest BCUT2D eigenvalue weighted by Crippen LogP contribution is -1.89. The fourth-order valence-corrected chi connectivity index (χ4v) is 2.13. The molecule has 1 aromatic heterocycles. The lowest BCUT2D eigenvalue weighted by molar-refractivity contribution is -0.120. The largest absolute Gasteiger partial charge is 0.772 e. The molecule has 12 heavy (non-hydrogen) atoms. The molecule has 1 heterocycles. The summed E-state index contributed by atoms with van der Waals surface area (Å²) in [4.78, 5) is 10.5. The number of ether oxygens (including phenoxy) is 1. The first-order valence-corrected chi connectivity index (χ1v) is 5.03. The van der Waals surface area contributed by atoms with E-state index in [1.165, 1.54) is 0 Å². The van der Waals surface area contributed by atoms with Crippen LogP contribution in [0.25, 0.3) is 0 Å². The summed E-state index contributed by atoms with van der Waals surface area (Å²) in [6.07, 6.45) is 0. The third kappa shape index (κ3) is 2.72. The van der Waals surface area contributed by atoms with E-state index in [1.54, 1.807) is 12.1 Å². The molecule has 0 bridgehead atoms. The summed E-state index contributed by atoms with van der Waals surface area (Å²) < 4.78 is 25.0. The van der Waals surface area contributed by atoms with Crippen LogP contribution in [-0.2, 0) is 21.6 Å². The molecule has 0 radical (unpaired) electrons. The molecule has 6 heteroatoms. The molecule has 1 atom stereocenters. The first kappa shape index (κ1) is 9.37. The predicted molar refractivity (Wildman–Crippen MR) is 43.6 cm³/mol. The Morgan fingerprint density at radius 3 is 3.00 bits per heavy atom. The molecular formula is C6H5O4S2-. The van der Waals surface area contributed by atoms with Crippen molar-refractivity contribution in [1.82, 2.24) is 0 Å². The number of carbonyl (C=O) groups excluding carboxylic acids is 1. The topological polar surface area (TPSA) is 66.4 Å². The van der Waals surface area contributed by atoms with Crippen molar-refractivity contribution in [2.45, 2.75) is 5.75 Å². The maximum absolute atomic E-state index is 10.2. The summed E-state index contributed by atoms with van der Waals surface area (Å²) in [5.41, 5.74) is 0. The Balaban J connectivity index is 2.63. The van der Waals surface area contributed by atoms with Gasteiger partial charge in [0.25, 0.3) is 6.47 Å². The quantitative estimate of drug-likeness (QED) is 0.535. The minimum atomic E-state index is -2.09. The van der Waals surface area contributed by atoms with E-state index in [0.29, 0.717) is 16.4 Å². The molecule has 0 aromatic carbocycles. The van der Waals surface area contributed by atoms with Gasteiger partial charge in [-0.2, -0.15) is 0 Å².